The molecule has 3 aromatic heterocycles. The molecule has 0 unspecified atom stereocenters. The van der Waals surface area contributed by atoms with E-state index in [1.54, 1.807) is 0 Å². The van der Waals surface area contributed by atoms with E-state index in [-0.39, 0.29) is 28.5 Å². The fourth-order valence-electron chi connectivity index (χ4n) is 12.6. The number of thiophene rings is 2. The zero-order chi connectivity index (χ0) is 46.7. The van der Waals surface area contributed by atoms with Gasteiger partial charge in [0.2, 0.25) is 0 Å². The molecular weight excluding hydrogens is 860 g/mol. The second-order valence-electron chi connectivity index (χ2n) is 23.8. The predicted octanol–water partition coefficient (Wildman–Crippen LogP) is 17.0. The predicted molar refractivity (Wildman–Crippen MR) is 299 cm³/mol. The Hall–Kier alpha value is -6.14. The summed E-state index contributed by atoms with van der Waals surface area (Å²) >= 11 is 3.94. The molecule has 68 heavy (non-hydrogen) atoms. The SMILES string of the molecule is CC(C)(C)c1ccc(N2B3c4cc5c(cc4-n4c6ccc(C(C)(C)C)cc6c6c7sc8ccccc8c7c(c3c64)-c3cc4c(cc32)sc2cc(C(C)(C)C)ccc24)-c2ccccc2C5(C)C)cc1. The lowest BCUT2D eigenvalue weighted by Crippen LogP contribution is -2.60. The molecule has 1 aliphatic carbocycles. The third-order valence-corrected chi connectivity index (χ3v) is 18.5. The monoisotopic (exact) mass is 914 g/mol. The number of fused-ring (bicyclic) bond motifs is 19. The Morgan fingerprint density at radius 1 is 0.485 bits per heavy atom. The maximum atomic E-state index is 2.76. The van der Waals surface area contributed by atoms with Gasteiger partial charge in [0.15, 0.2) is 0 Å². The molecule has 2 aliphatic heterocycles. The molecule has 0 atom stereocenters. The van der Waals surface area contributed by atoms with Crippen LogP contribution in [0.4, 0.5) is 11.4 Å². The molecule has 0 bridgehead atoms. The Morgan fingerprint density at radius 2 is 1.16 bits per heavy atom. The van der Waals surface area contributed by atoms with Crippen LogP contribution in [0.15, 0.2) is 133 Å². The second kappa shape index (κ2) is 13.1. The standard InChI is InChI=1S/C63H55BN2S2/c1-60(2,3)34-20-24-37(25-21-34)66-49-33-53-42(39-26-22-36(62(7,8)9)29-52(39)67-53)30-44(49)54-55-40-17-13-15-19-51(40)68-59(55)56-43-28-35(61(4,5)6)23-27-48(43)65-50-31-41-38-16-12-14-18-45(38)63(10,11)46(41)32-47(50)64(66)57(54)58(56)65/h12-33H,1-11H3. The molecule has 0 fully saturated rings. The minimum absolute atomic E-state index is 0.00980. The number of anilines is 2. The second-order valence-corrected chi connectivity index (χ2v) is 25.9. The molecule has 3 aliphatic rings. The van der Waals surface area contributed by atoms with Crippen LogP contribution in [0.2, 0.25) is 0 Å². The van der Waals surface area contributed by atoms with Gasteiger partial charge in [0.1, 0.15) is 0 Å². The lowest BCUT2D eigenvalue weighted by Gasteiger charge is -2.43. The van der Waals surface area contributed by atoms with Crippen molar-refractivity contribution in [1.29, 1.82) is 0 Å². The van der Waals surface area contributed by atoms with E-state index >= 15 is 0 Å². The van der Waals surface area contributed by atoms with E-state index in [9.17, 15) is 0 Å². The van der Waals surface area contributed by atoms with Gasteiger partial charge in [-0.2, -0.15) is 0 Å². The first-order valence-corrected chi connectivity index (χ1v) is 26.2. The number of aromatic nitrogens is 1. The van der Waals surface area contributed by atoms with Gasteiger partial charge in [-0.1, -0.05) is 155 Å². The molecule has 0 saturated carbocycles. The van der Waals surface area contributed by atoms with Gasteiger partial charge in [-0.05, 0) is 126 Å². The molecule has 5 heterocycles. The summed E-state index contributed by atoms with van der Waals surface area (Å²) in [6.07, 6.45) is 0. The molecule has 0 saturated heterocycles. The quantitative estimate of drug-likeness (QED) is 0.149. The van der Waals surface area contributed by atoms with Gasteiger partial charge in [0.05, 0.1) is 11.0 Å². The highest BCUT2D eigenvalue weighted by atomic mass is 32.1. The maximum Gasteiger partial charge on any atom is 0.333 e. The molecule has 0 N–H and O–H groups in total. The lowest BCUT2D eigenvalue weighted by atomic mass is 9.43. The largest absolute Gasteiger partial charge is 0.376 e. The van der Waals surface area contributed by atoms with Crippen LogP contribution in [0.25, 0.3) is 90.1 Å². The van der Waals surface area contributed by atoms with Crippen molar-refractivity contribution in [3.8, 4) is 27.9 Å². The van der Waals surface area contributed by atoms with E-state index in [4.69, 9.17) is 0 Å². The van der Waals surface area contributed by atoms with Crippen LogP contribution in [0.5, 0.6) is 0 Å². The molecular formula is C63H55BN2S2. The Balaban J connectivity index is 1.21. The van der Waals surface area contributed by atoms with Gasteiger partial charge in [0, 0.05) is 79.2 Å². The van der Waals surface area contributed by atoms with Crippen LogP contribution in [0, 0.1) is 0 Å². The van der Waals surface area contributed by atoms with Gasteiger partial charge in [-0.25, -0.2) is 0 Å². The summed E-state index contributed by atoms with van der Waals surface area (Å²) < 4.78 is 8.13. The van der Waals surface area contributed by atoms with Crippen molar-refractivity contribution in [2.45, 2.75) is 97.8 Å². The highest BCUT2D eigenvalue weighted by molar-refractivity contribution is 7.27. The fraction of sp³-hybridized carbons (Fsp3) is 0.238. The third kappa shape index (κ3) is 5.30. The first kappa shape index (κ1) is 40.9. The van der Waals surface area contributed by atoms with Crippen molar-refractivity contribution in [1.82, 2.24) is 4.57 Å². The van der Waals surface area contributed by atoms with Crippen LogP contribution in [0.3, 0.4) is 0 Å². The van der Waals surface area contributed by atoms with E-state index in [0.29, 0.717) is 0 Å². The Bertz CT molecular complexity index is 4060. The summed E-state index contributed by atoms with van der Waals surface area (Å²) in [6.45, 7) is 25.8. The van der Waals surface area contributed by atoms with Crippen LogP contribution in [-0.2, 0) is 21.7 Å². The first-order chi connectivity index (χ1) is 32.4. The summed E-state index contributed by atoms with van der Waals surface area (Å²) in [5, 5.41) is 8.17. The minimum atomic E-state index is -0.159. The summed E-state index contributed by atoms with van der Waals surface area (Å²) in [4.78, 5) is 2.76. The molecule has 0 spiro atoms. The topological polar surface area (TPSA) is 8.17 Å². The Labute approximate surface area is 408 Å². The Morgan fingerprint density at radius 3 is 1.93 bits per heavy atom. The van der Waals surface area contributed by atoms with E-state index in [1.165, 1.54) is 140 Å². The zero-order valence-corrected chi connectivity index (χ0v) is 42.6. The average Bonchev–Trinajstić information content (AvgIpc) is 4.03. The highest BCUT2D eigenvalue weighted by Gasteiger charge is 2.48. The smallest absolute Gasteiger partial charge is 0.333 e. The maximum absolute atomic E-state index is 2.76. The van der Waals surface area contributed by atoms with Crippen molar-refractivity contribution < 1.29 is 0 Å². The average molecular weight is 915 g/mol. The molecule has 8 aromatic carbocycles. The summed E-state index contributed by atoms with van der Waals surface area (Å²) in [7, 11) is 0. The number of nitrogens with zero attached hydrogens (tertiary/aromatic N) is 2. The Kier molecular flexibility index (Phi) is 7.90. The third-order valence-electron chi connectivity index (χ3n) is 16.2. The van der Waals surface area contributed by atoms with Crippen molar-refractivity contribution in [3.63, 3.8) is 0 Å². The number of rotatable bonds is 1. The molecule has 0 radical (unpaired) electrons. The van der Waals surface area contributed by atoms with Gasteiger partial charge in [-0.15, -0.1) is 22.7 Å². The van der Waals surface area contributed by atoms with E-state index in [0.717, 1.165) is 0 Å². The normalized spacial score (nSPS) is 15.0. The number of benzene rings is 8. The van der Waals surface area contributed by atoms with Crippen molar-refractivity contribution in [3.05, 3.63) is 161 Å². The molecule has 2 nitrogen and oxygen atoms in total. The molecule has 11 aromatic rings. The van der Waals surface area contributed by atoms with Crippen molar-refractivity contribution in [2.24, 2.45) is 0 Å². The number of hydrogen-bond donors (Lipinski definition) is 0. The first-order valence-electron chi connectivity index (χ1n) is 24.5. The summed E-state index contributed by atoms with van der Waals surface area (Å²) in [5.41, 5.74) is 21.5. The highest BCUT2D eigenvalue weighted by Crippen LogP contribution is 2.56. The van der Waals surface area contributed by atoms with Crippen LogP contribution in [0.1, 0.15) is 104 Å². The summed E-state index contributed by atoms with van der Waals surface area (Å²) in [6, 6.07) is 53.0. The van der Waals surface area contributed by atoms with Gasteiger partial charge < -0.3 is 9.38 Å². The molecule has 0 amide bonds. The summed E-state index contributed by atoms with van der Waals surface area (Å²) in [5.74, 6) is 0. The van der Waals surface area contributed by atoms with Crippen LogP contribution >= 0.6 is 22.7 Å². The van der Waals surface area contributed by atoms with Gasteiger partial charge >= 0.3 is 6.85 Å². The number of hydrogen-bond acceptors (Lipinski definition) is 3. The van der Waals surface area contributed by atoms with E-state index in [1.807, 2.05) is 22.7 Å². The lowest BCUT2D eigenvalue weighted by molar-refractivity contribution is 0.590. The van der Waals surface area contributed by atoms with E-state index < -0.39 is 0 Å². The zero-order valence-electron chi connectivity index (χ0n) is 41.0. The van der Waals surface area contributed by atoms with Gasteiger partial charge in [0.25, 0.3) is 0 Å². The molecule has 5 heteroatoms. The van der Waals surface area contributed by atoms with Crippen LogP contribution < -0.4 is 15.7 Å². The molecule has 14 rings (SSSR count). The minimum Gasteiger partial charge on any atom is -0.376 e. The molecule has 332 valence electrons. The fourth-order valence-corrected chi connectivity index (χ4v) is 15.0. The van der Waals surface area contributed by atoms with Crippen molar-refractivity contribution in [2.75, 3.05) is 4.81 Å². The van der Waals surface area contributed by atoms with Gasteiger partial charge in [-0.3, -0.25) is 0 Å². The van der Waals surface area contributed by atoms with Crippen LogP contribution in [-0.4, -0.2) is 11.4 Å². The van der Waals surface area contributed by atoms with Crippen molar-refractivity contribution >= 4 is 114 Å². The van der Waals surface area contributed by atoms with E-state index in [2.05, 4.69) is 219 Å².